The van der Waals surface area contributed by atoms with Crippen LogP contribution in [0.2, 0.25) is 0 Å². The zero-order chi connectivity index (χ0) is 27.9. The molecule has 5 rings (SSSR count). The Kier molecular flexibility index (Phi) is 11.5. The summed E-state index contributed by atoms with van der Waals surface area (Å²) in [5, 5.41) is 10.4. The summed E-state index contributed by atoms with van der Waals surface area (Å²) in [6, 6.07) is 18.0. The first-order chi connectivity index (χ1) is 18.5. The summed E-state index contributed by atoms with van der Waals surface area (Å²) in [7, 11) is -3.85. The molecule has 2 N–H and O–H groups in total. The van der Waals surface area contributed by atoms with Crippen LogP contribution >= 0.6 is 37.2 Å². The molecule has 4 aromatic rings. The molecule has 12 heteroatoms. The SMILES string of the molecule is Cc1cc(C)cc(S(=O)(=O)Nc2ccc3nc(N4CCN(c5cc(C)ccc5C)CC4)cc(C(=O)O)c3c2)c1.Cl.Cl.Cl. The van der Waals surface area contributed by atoms with E-state index in [4.69, 9.17) is 4.98 Å². The molecule has 42 heavy (non-hydrogen) atoms. The molecule has 0 saturated carbocycles. The van der Waals surface area contributed by atoms with Crippen molar-refractivity contribution in [3.8, 4) is 0 Å². The summed E-state index contributed by atoms with van der Waals surface area (Å²) in [4.78, 5) is 21.6. The van der Waals surface area contributed by atoms with Crippen molar-refractivity contribution in [2.75, 3.05) is 40.7 Å². The van der Waals surface area contributed by atoms with Crippen LogP contribution in [0.3, 0.4) is 0 Å². The molecule has 1 aromatic heterocycles. The van der Waals surface area contributed by atoms with Crippen LogP contribution in [0.1, 0.15) is 32.6 Å². The van der Waals surface area contributed by atoms with E-state index in [-0.39, 0.29) is 53.4 Å². The minimum atomic E-state index is -3.85. The van der Waals surface area contributed by atoms with Crippen molar-refractivity contribution in [1.29, 1.82) is 0 Å². The second-order valence-electron chi connectivity index (χ2n) is 10.3. The van der Waals surface area contributed by atoms with E-state index in [0.29, 0.717) is 29.8 Å². The fourth-order valence-corrected chi connectivity index (χ4v) is 6.39. The zero-order valence-corrected chi connectivity index (χ0v) is 27.0. The highest BCUT2D eigenvalue weighted by atomic mass is 35.5. The fourth-order valence-electron chi connectivity index (χ4n) is 5.15. The number of piperazine rings is 1. The number of hydrogen-bond acceptors (Lipinski definition) is 6. The predicted molar refractivity (Wildman–Crippen MR) is 178 cm³/mol. The molecule has 8 nitrogen and oxygen atoms in total. The van der Waals surface area contributed by atoms with Gasteiger partial charge in [0.15, 0.2) is 0 Å². The van der Waals surface area contributed by atoms with Gasteiger partial charge in [-0.1, -0.05) is 18.2 Å². The van der Waals surface area contributed by atoms with Gasteiger partial charge in [-0.25, -0.2) is 18.2 Å². The summed E-state index contributed by atoms with van der Waals surface area (Å²) >= 11 is 0. The number of halogens is 3. The number of aryl methyl sites for hydroxylation is 4. The predicted octanol–water partition coefficient (Wildman–Crippen LogP) is 6.56. The topological polar surface area (TPSA) is 103 Å². The number of nitrogens with zero attached hydrogens (tertiary/aromatic N) is 3. The molecular formula is C30H35Cl3N4O4S. The maximum absolute atomic E-state index is 13.0. The Morgan fingerprint density at radius 2 is 1.40 bits per heavy atom. The Morgan fingerprint density at radius 1 is 0.786 bits per heavy atom. The van der Waals surface area contributed by atoms with Gasteiger partial charge in [0.25, 0.3) is 10.0 Å². The van der Waals surface area contributed by atoms with Gasteiger partial charge in [-0.2, -0.15) is 0 Å². The van der Waals surface area contributed by atoms with Crippen molar-refractivity contribution >= 4 is 81.3 Å². The van der Waals surface area contributed by atoms with E-state index in [0.717, 1.165) is 24.2 Å². The molecule has 0 unspecified atom stereocenters. The van der Waals surface area contributed by atoms with Gasteiger partial charge >= 0.3 is 5.97 Å². The molecule has 0 bridgehead atoms. The van der Waals surface area contributed by atoms with Gasteiger partial charge < -0.3 is 14.9 Å². The minimum absolute atomic E-state index is 0. The first-order valence-electron chi connectivity index (χ1n) is 12.9. The molecule has 0 spiro atoms. The van der Waals surface area contributed by atoms with Gasteiger partial charge in [0.05, 0.1) is 16.0 Å². The second-order valence-corrected chi connectivity index (χ2v) is 11.9. The number of benzene rings is 3. The molecule has 226 valence electrons. The van der Waals surface area contributed by atoms with Crippen LogP contribution in [-0.2, 0) is 10.0 Å². The molecular weight excluding hydrogens is 619 g/mol. The summed E-state index contributed by atoms with van der Waals surface area (Å²) < 4.78 is 28.7. The second kappa shape index (κ2) is 13.8. The Bertz CT molecular complexity index is 1690. The highest BCUT2D eigenvalue weighted by molar-refractivity contribution is 7.92. The highest BCUT2D eigenvalue weighted by Crippen LogP contribution is 2.29. The van der Waals surface area contributed by atoms with Crippen LogP contribution in [0.25, 0.3) is 10.9 Å². The van der Waals surface area contributed by atoms with Gasteiger partial charge in [-0.15, -0.1) is 37.2 Å². The lowest BCUT2D eigenvalue weighted by Gasteiger charge is -2.37. The number of aromatic nitrogens is 1. The lowest BCUT2D eigenvalue weighted by atomic mass is 10.1. The number of pyridine rings is 1. The monoisotopic (exact) mass is 652 g/mol. The highest BCUT2D eigenvalue weighted by Gasteiger charge is 2.23. The fraction of sp³-hybridized carbons (Fsp3) is 0.267. The summed E-state index contributed by atoms with van der Waals surface area (Å²) in [6.07, 6.45) is 0. The molecule has 1 saturated heterocycles. The number of carboxylic acids is 1. The number of sulfonamides is 1. The van der Waals surface area contributed by atoms with Crippen LogP contribution in [0, 0.1) is 27.7 Å². The third kappa shape index (κ3) is 7.39. The van der Waals surface area contributed by atoms with E-state index >= 15 is 0 Å². The number of rotatable bonds is 6. The van der Waals surface area contributed by atoms with E-state index in [1.165, 1.54) is 22.9 Å². The smallest absolute Gasteiger partial charge is 0.336 e. The maximum Gasteiger partial charge on any atom is 0.336 e. The van der Waals surface area contributed by atoms with E-state index in [2.05, 4.69) is 46.6 Å². The summed E-state index contributed by atoms with van der Waals surface area (Å²) in [5.41, 5.74) is 6.22. The number of anilines is 3. The Morgan fingerprint density at radius 3 is 2.02 bits per heavy atom. The third-order valence-electron chi connectivity index (χ3n) is 7.09. The first kappa shape index (κ1) is 35.0. The van der Waals surface area contributed by atoms with Crippen LogP contribution in [-0.4, -0.2) is 50.7 Å². The van der Waals surface area contributed by atoms with Gasteiger partial charge in [0.1, 0.15) is 5.82 Å². The largest absolute Gasteiger partial charge is 0.478 e. The van der Waals surface area contributed by atoms with E-state index < -0.39 is 16.0 Å². The number of carbonyl (C=O) groups is 1. The van der Waals surface area contributed by atoms with Crippen molar-refractivity contribution in [1.82, 2.24) is 4.98 Å². The Hall–Kier alpha value is -3.24. The number of aromatic carboxylic acids is 1. The maximum atomic E-state index is 13.0. The van der Waals surface area contributed by atoms with Gasteiger partial charge in [-0.3, -0.25) is 4.72 Å². The van der Waals surface area contributed by atoms with E-state index in [1.54, 1.807) is 30.3 Å². The van der Waals surface area contributed by atoms with Gasteiger partial charge in [0.2, 0.25) is 0 Å². The minimum Gasteiger partial charge on any atom is -0.478 e. The average Bonchev–Trinajstić information content (AvgIpc) is 2.88. The normalized spacial score (nSPS) is 13.0. The van der Waals surface area contributed by atoms with Crippen molar-refractivity contribution < 1.29 is 18.3 Å². The molecule has 0 aliphatic carbocycles. The van der Waals surface area contributed by atoms with Crippen LogP contribution in [0.4, 0.5) is 17.2 Å². The summed E-state index contributed by atoms with van der Waals surface area (Å²) in [6.45, 7) is 10.9. The van der Waals surface area contributed by atoms with Crippen LogP contribution in [0.5, 0.6) is 0 Å². The van der Waals surface area contributed by atoms with Crippen LogP contribution < -0.4 is 14.5 Å². The molecule has 2 heterocycles. The van der Waals surface area contributed by atoms with Crippen molar-refractivity contribution in [3.63, 3.8) is 0 Å². The standard InChI is InChI=1S/C30H32N4O4S.3ClH/c1-19-5-6-22(4)28(16-19)33-9-11-34(12-10-33)29-18-26(30(35)36)25-17-23(7-8-27(25)31-29)32-39(37,38)24-14-20(2)13-21(3)15-24;;;/h5-8,13-18,32H,9-12H2,1-4H3,(H,35,36);3*1H. The molecule has 0 atom stereocenters. The van der Waals surface area contributed by atoms with Gasteiger partial charge in [-0.05, 0) is 92.4 Å². The number of nitrogens with one attached hydrogen (secondary N) is 1. The molecule has 0 amide bonds. The molecule has 0 radical (unpaired) electrons. The Labute approximate surface area is 265 Å². The third-order valence-corrected chi connectivity index (χ3v) is 8.45. The zero-order valence-electron chi connectivity index (χ0n) is 23.7. The molecule has 1 aliphatic rings. The van der Waals surface area contributed by atoms with Crippen LogP contribution in [0.15, 0.2) is 65.6 Å². The average molecular weight is 654 g/mol. The van der Waals surface area contributed by atoms with Gasteiger partial charge in [0, 0.05) is 42.9 Å². The number of fused-ring (bicyclic) bond motifs is 1. The van der Waals surface area contributed by atoms with Crippen molar-refractivity contribution in [2.24, 2.45) is 0 Å². The molecule has 1 fully saturated rings. The number of hydrogen-bond donors (Lipinski definition) is 2. The van der Waals surface area contributed by atoms with E-state index in [1.807, 2.05) is 19.9 Å². The summed E-state index contributed by atoms with van der Waals surface area (Å²) in [5.74, 6) is -0.490. The van der Waals surface area contributed by atoms with Crippen molar-refractivity contribution in [3.05, 3.63) is 88.5 Å². The number of carboxylic acid groups (broad SMARTS) is 1. The quantitative estimate of drug-likeness (QED) is 0.243. The first-order valence-corrected chi connectivity index (χ1v) is 14.3. The Balaban J connectivity index is 0.00000205. The molecule has 3 aromatic carbocycles. The van der Waals surface area contributed by atoms with E-state index in [9.17, 15) is 18.3 Å². The molecule has 1 aliphatic heterocycles. The lowest BCUT2D eigenvalue weighted by molar-refractivity contribution is 0.0699. The lowest BCUT2D eigenvalue weighted by Crippen LogP contribution is -2.47. The van der Waals surface area contributed by atoms with Crippen molar-refractivity contribution in [2.45, 2.75) is 32.6 Å².